The van der Waals surface area contributed by atoms with Crippen molar-refractivity contribution in [3.63, 3.8) is 0 Å². The Kier molecular flexibility index (Phi) is 10.2. The summed E-state index contributed by atoms with van der Waals surface area (Å²) in [6, 6.07) is -1.48. The van der Waals surface area contributed by atoms with Crippen LogP contribution in [-0.4, -0.2) is 82.3 Å². The van der Waals surface area contributed by atoms with Gasteiger partial charge in [0.15, 0.2) is 0 Å². The number of rotatable bonds is 16. The van der Waals surface area contributed by atoms with Gasteiger partial charge in [0.2, 0.25) is 11.8 Å². The minimum absolute atomic E-state index is 0.0935. The highest BCUT2D eigenvalue weighted by Crippen LogP contribution is 2.65. The summed E-state index contributed by atoms with van der Waals surface area (Å²) in [5.74, 6) is -2.60. The Bertz CT molecular complexity index is 890. The Labute approximate surface area is 228 Å². The van der Waals surface area contributed by atoms with Crippen LogP contribution in [0.5, 0.6) is 0 Å². The third-order valence-corrected chi connectivity index (χ3v) is 8.91. The summed E-state index contributed by atoms with van der Waals surface area (Å²) in [4.78, 5) is 45.6. The zero-order valence-electron chi connectivity index (χ0n) is 23.8. The lowest BCUT2D eigenvalue weighted by Crippen LogP contribution is -2.59. The minimum Gasteiger partial charge on any atom is -0.465 e. The maximum Gasteiger partial charge on any atom is 0.312 e. The van der Waals surface area contributed by atoms with Crippen molar-refractivity contribution in [2.75, 3.05) is 26.3 Å². The topological polar surface area (TPSA) is 96.4 Å². The van der Waals surface area contributed by atoms with Crippen LogP contribution in [0.3, 0.4) is 0 Å². The Morgan fingerprint density at radius 3 is 2.53 bits per heavy atom. The van der Waals surface area contributed by atoms with Crippen molar-refractivity contribution in [1.82, 2.24) is 9.80 Å². The summed E-state index contributed by atoms with van der Waals surface area (Å²) < 4.78 is 12.5. The van der Waals surface area contributed by atoms with Gasteiger partial charge < -0.3 is 24.4 Å². The van der Waals surface area contributed by atoms with Gasteiger partial charge in [-0.3, -0.25) is 14.4 Å². The van der Waals surface area contributed by atoms with Gasteiger partial charge in [0, 0.05) is 13.1 Å². The van der Waals surface area contributed by atoms with Gasteiger partial charge in [0.25, 0.3) is 0 Å². The van der Waals surface area contributed by atoms with Crippen LogP contribution in [0.2, 0.25) is 0 Å². The number of fused-ring (bicyclic) bond motifs is 1. The fourth-order valence-corrected chi connectivity index (χ4v) is 6.93. The Morgan fingerprint density at radius 2 is 1.95 bits per heavy atom. The number of unbranched alkanes of at least 4 members (excludes halogenated alkanes) is 3. The summed E-state index contributed by atoms with van der Waals surface area (Å²) in [5.41, 5.74) is -1.96. The lowest BCUT2D eigenvalue weighted by molar-refractivity contribution is -0.164. The number of esters is 1. The van der Waals surface area contributed by atoms with Gasteiger partial charge in [-0.05, 0) is 44.4 Å². The molecule has 1 N–H and O–H groups in total. The van der Waals surface area contributed by atoms with E-state index in [-0.39, 0.29) is 30.9 Å². The highest BCUT2D eigenvalue weighted by atomic mass is 16.6. The summed E-state index contributed by atoms with van der Waals surface area (Å²) in [5, 5.41) is 10.4. The van der Waals surface area contributed by atoms with E-state index in [1.807, 2.05) is 20.8 Å². The maximum absolute atomic E-state index is 14.4. The number of carbonyl (C=O) groups excluding carboxylic acids is 3. The molecule has 8 nitrogen and oxygen atoms in total. The molecule has 3 aliphatic rings. The van der Waals surface area contributed by atoms with Gasteiger partial charge in [-0.1, -0.05) is 52.7 Å². The summed E-state index contributed by atoms with van der Waals surface area (Å²) in [6.45, 7) is 16.4. The number of aliphatic hydroxyl groups excluding tert-OH is 1. The molecule has 1 spiro atoms. The molecule has 2 unspecified atom stereocenters. The van der Waals surface area contributed by atoms with Crippen molar-refractivity contribution in [1.29, 1.82) is 0 Å². The quantitative estimate of drug-likeness (QED) is 0.184. The monoisotopic (exact) mass is 532 g/mol. The first-order valence-corrected chi connectivity index (χ1v) is 14.5. The van der Waals surface area contributed by atoms with E-state index in [0.29, 0.717) is 38.8 Å². The highest BCUT2D eigenvalue weighted by Gasteiger charge is 2.79. The molecule has 0 saturated carbocycles. The Morgan fingerprint density at radius 1 is 1.21 bits per heavy atom. The molecule has 2 bridgehead atoms. The highest BCUT2D eigenvalue weighted by molar-refractivity contribution is 5.98. The molecule has 0 aromatic carbocycles. The normalized spacial score (nSPS) is 30.4. The van der Waals surface area contributed by atoms with E-state index in [2.05, 4.69) is 20.1 Å². The Hall–Kier alpha value is -2.19. The molecule has 6 atom stereocenters. The third-order valence-electron chi connectivity index (χ3n) is 8.91. The van der Waals surface area contributed by atoms with E-state index in [1.54, 1.807) is 22.0 Å². The molecule has 0 aromatic heterocycles. The molecule has 3 fully saturated rings. The van der Waals surface area contributed by atoms with Gasteiger partial charge in [0.05, 0.1) is 30.8 Å². The second-order valence-electron chi connectivity index (χ2n) is 11.5. The van der Waals surface area contributed by atoms with E-state index >= 15 is 0 Å². The van der Waals surface area contributed by atoms with Crippen LogP contribution in [0.4, 0.5) is 0 Å². The van der Waals surface area contributed by atoms with E-state index in [0.717, 1.165) is 25.7 Å². The van der Waals surface area contributed by atoms with E-state index < -0.39 is 41.1 Å². The smallest absolute Gasteiger partial charge is 0.312 e. The fraction of sp³-hybridized carbons (Fsp3) is 0.767. The van der Waals surface area contributed by atoms with Crippen LogP contribution < -0.4 is 0 Å². The average Bonchev–Trinajstić information content (AvgIpc) is 3.50. The molecule has 38 heavy (non-hydrogen) atoms. The average molecular weight is 533 g/mol. The molecule has 8 heteroatoms. The van der Waals surface area contributed by atoms with Crippen LogP contribution in [0.1, 0.15) is 79.1 Å². The molecular formula is C30H48N2O6. The zero-order valence-corrected chi connectivity index (χ0v) is 23.8. The van der Waals surface area contributed by atoms with Crippen LogP contribution in [0.25, 0.3) is 0 Å². The van der Waals surface area contributed by atoms with Gasteiger partial charge in [-0.15, -0.1) is 13.2 Å². The van der Waals surface area contributed by atoms with E-state index in [1.165, 1.54) is 0 Å². The third kappa shape index (κ3) is 5.18. The number of ether oxygens (including phenoxy) is 2. The summed E-state index contributed by atoms with van der Waals surface area (Å²) in [6.07, 6.45) is 9.38. The van der Waals surface area contributed by atoms with Crippen molar-refractivity contribution in [3.05, 3.63) is 25.3 Å². The van der Waals surface area contributed by atoms with Crippen molar-refractivity contribution < 1.29 is 29.0 Å². The number of aliphatic hydroxyl groups is 1. The molecule has 3 rings (SSSR count). The number of hydrogen-bond donors (Lipinski definition) is 1. The van der Waals surface area contributed by atoms with Crippen LogP contribution in [-0.2, 0) is 23.9 Å². The Balaban J connectivity index is 2.06. The molecular weight excluding hydrogens is 484 g/mol. The number of amides is 2. The van der Waals surface area contributed by atoms with E-state index in [4.69, 9.17) is 9.47 Å². The molecule has 0 radical (unpaired) electrons. The first-order chi connectivity index (χ1) is 18.2. The van der Waals surface area contributed by atoms with Crippen molar-refractivity contribution in [3.8, 4) is 0 Å². The number of carbonyl (C=O) groups is 3. The summed E-state index contributed by atoms with van der Waals surface area (Å²) in [7, 11) is 0. The predicted octanol–water partition coefficient (Wildman–Crippen LogP) is 3.87. The molecule has 3 heterocycles. The maximum atomic E-state index is 14.4. The molecule has 2 amide bonds. The van der Waals surface area contributed by atoms with Gasteiger partial charge in [0.1, 0.15) is 17.6 Å². The number of nitrogens with zero attached hydrogens (tertiary/aromatic N) is 2. The molecule has 214 valence electrons. The molecule has 0 aliphatic carbocycles. The number of likely N-dealkylation sites (tertiary alicyclic amines) is 1. The largest absolute Gasteiger partial charge is 0.465 e. The van der Waals surface area contributed by atoms with Gasteiger partial charge in [-0.25, -0.2) is 0 Å². The molecule has 3 aliphatic heterocycles. The SMILES string of the molecule is C=CCCCOC(=O)[C@@H]1[C@H]2C(=O)N([C@@H](CO)C(C)C)C(C(=O)N(CC=C)CCCCC)C23CC[C@@]1(CC)O3. The lowest BCUT2D eigenvalue weighted by Gasteiger charge is -2.40. The number of hydrogen-bond acceptors (Lipinski definition) is 6. The van der Waals surface area contributed by atoms with Gasteiger partial charge in [-0.2, -0.15) is 0 Å². The summed E-state index contributed by atoms with van der Waals surface area (Å²) >= 11 is 0. The zero-order chi connectivity index (χ0) is 28.1. The standard InChI is InChI=1S/C30H48N2O6/c1-7-11-13-18-31(17-9-3)27(35)25-30-16-15-29(10-4,38-30)24(28(36)37-19-14-12-8-2)23(30)26(34)32(25)22(20-33)21(5)6/h8-9,21-25,33H,2-3,7,10-20H2,1,4-6H3/t22-,23-,24-,25?,29+,30?/m0/s1. The van der Waals surface area contributed by atoms with Gasteiger partial charge >= 0.3 is 5.97 Å². The van der Waals surface area contributed by atoms with Crippen LogP contribution >= 0.6 is 0 Å². The molecule has 3 saturated heterocycles. The first kappa shape index (κ1) is 30.4. The van der Waals surface area contributed by atoms with Crippen LogP contribution in [0, 0.1) is 17.8 Å². The van der Waals surface area contributed by atoms with Crippen molar-refractivity contribution in [2.45, 2.75) is 102 Å². The fourth-order valence-electron chi connectivity index (χ4n) is 6.93. The van der Waals surface area contributed by atoms with Crippen LogP contribution in [0.15, 0.2) is 25.3 Å². The predicted molar refractivity (Wildman–Crippen MR) is 146 cm³/mol. The van der Waals surface area contributed by atoms with Crippen molar-refractivity contribution >= 4 is 17.8 Å². The second-order valence-corrected chi connectivity index (χ2v) is 11.5. The lowest BCUT2D eigenvalue weighted by atomic mass is 9.65. The minimum atomic E-state index is -1.12. The van der Waals surface area contributed by atoms with E-state index in [9.17, 15) is 19.5 Å². The second kappa shape index (κ2) is 12.8. The molecule has 0 aromatic rings. The first-order valence-electron chi connectivity index (χ1n) is 14.5. The number of allylic oxidation sites excluding steroid dienone is 1. The van der Waals surface area contributed by atoms with Crippen molar-refractivity contribution in [2.24, 2.45) is 17.8 Å².